The van der Waals surface area contributed by atoms with Crippen LogP contribution in [0.4, 0.5) is 23.7 Å². The lowest BCUT2D eigenvalue weighted by atomic mass is 10.2. The monoisotopic (exact) mass is 314 g/mol. The number of aromatic hydroxyl groups is 1. The standard InChI is InChI=1S/C13H9F3N2O4/c14-13(15,16)10-4-11(20)18(12(21)17-10)8-5-22-9-2-1-6(19)3-7(8)9/h1-5,11,19-20H,(H,17,21). The van der Waals surface area contributed by atoms with Crippen molar-refractivity contribution >= 4 is 22.7 Å². The van der Waals surface area contributed by atoms with Crippen molar-refractivity contribution in [3.8, 4) is 5.75 Å². The van der Waals surface area contributed by atoms with Gasteiger partial charge >= 0.3 is 12.2 Å². The number of hydrogen-bond donors (Lipinski definition) is 3. The third-order valence-corrected chi connectivity index (χ3v) is 3.14. The van der Waals surface area contributed by atoms with Gasteiger partial charge in [-0.2, -0.15) is 13.2 Å². The van der Waals surface area contributed by atoms with Crippen molar-refractivity contribution in [2.24, 2.45) is 0 Å². The predicted octanol–water partition coefficient (Wildman–Crippen LogP) is 2.43. The van der Waals surface area contributed by atoms with Gasteiger partial charge in [0.25, 0.3) is 0 Å². The molecule has 0 aliphatic carbocycles. The molecule has 1 aromatic heterocycles. The van der Waals surface area contributed by atoms with E-state index < -0.39 is 24.1 Å². The summed E-state index contributed by atoms with van der Waals surface area (Å²) in [7, 11) is 0. The second-order valence-corrected chi connectivity index (χ2v) is 4.59. The third-order valence-electron chi connectivity index (χ3n) is 3.14. The van der Waals surface area contributed by atoms with Gasteiger partial charge in [0.2, 0.25) is 0 Å². The molecule has 116 valence electrons. The normalized spacial score (nSPS) is 19.3. The van der Waals surface area contributed by atoms with Gasteiger partial charge in [-0.15, -0.1) is 0 Å². The number of benzene rings is 1. The van der Waals surface area contributed by atoms with Gasteiger partial charge < -0.3 is 19.9 Å². The average molecular weight is 314 g/mol. The first kappa shape index (κ1) is 14.3. The molecule has 2 aromatic rings. The highest BCUT2D eigenvalue weighted by Gasteiger charge is 2.41. The molecular weight excluding hydrogens is 305 g/mol. The summed E-state index contributed by atoms with van der Waals surface area (Å²) in [5.74, 6) is -0.117. The number of urea groups is 1. The molecule has 6 nitrogen and oxygen atoms in total. The van der Waals surface area contributed by atoms with Crippen LogP contribution in [0.5, 0.6) is 5.75 Å². The maximum Gasteiger partial charge on any atom is 0.431 e. The molecule has 3 rings (SSSR count). The summed E-state index contributed by atoms with van der Waals surface area (Å²) in [4.78, 5) is 12.6. The van der Waals surface area contributed by atoms with Crippen LogP contribution in [0.1, 0.15) is 0 Å². The molecule has 1 atom stereocenters. The highest BCUT2D eigenvalue weighted by molar-refractivity contribution is 6.03. The Hall–Kier alpha value is -2.68. The second kappa shape index (κ2) is 4.67. The van der Waals surface area contributed by atoms with Crippen LogP contribution in [0.15, 0.2) is 40.7 Å². The highest BCUT2D eigenvalue weighted by Crippen LogP contribution is 2.35. The number of furan rings is 1. The first-order chi connectivity index (χ1) is 10.3. The van der Waals surface area contributed by atoms with Crippen molar-refractivity contribution in [2.45, 2.75) is 12.4 Å². The summed E-state index contributed by atoms with van der Waals surface area (Å²) in [5.41, 5.74) is -0.997. The van der Waals surface area contributed by atoms with E-state index in [1.54, 1.807) is 5.32 Å². The fourth-order valence-corrected chi connectivity index (χ4v) is 2.17. The Kier molecular flexibility index (Phi) is 3.03. The molecule has 0 fully saturated rings. The molecule has 1 unspecified atom stereocenters. The number of anilines is 1. The molecule has 1 aromatic carbocycles. The Morgan fingerprint density at radius 1 is 1.32 bits per heavy atom. The van der Waals surface area contributed by atoms with E-state index >= 15 is 0 Å². The third kappa shape index (κ3) is 2.25. The average Bonchev–Trinajstić information content (AvgIpc) is 2.80. The fourth-order valence-electron chi connectivity index (χ4n) is 2.17. The van der Waals surface area contributed by atoms with Gasteiger partial charge in [0.15, 0.2) is 6.23 Å². The number of alkyl halides is 3. The SMILES string of the molecule is O=C1NC(C(F)(F)F)=CC(O)N1c1coc2ccc(O)cc12. The highest BCUT2D eigenvalue weighted by atomic mass is 19.4. The van der Waals surface area contributed by atoms with Crippen molar-refractivity contribution in [1.29, 1.82) is 0 Å². The number of fused-ring (bicyclic) bond motifs is 1. The number of carbonyl (C=O) groups excluding carboxylic acids is 1. The summed E-state index contributed by atoms with van der Waals surface area (Å²) in [6.07, 6.45) is -5.02. The molecule has 0 saturated carbocycles. The number of hydrogen-bond acceptors (Lipinski definition) is 4. The molecule has 2 amide bonds. The van der Waals surface area contributed by atoms with Gasteiger partial charge in [-0.25, -0.2) is 4.79 Å². The fraction of sp³-hybridized carbons (Fsp3) is 0.154. The Balaban J connectivity index is 2.06. The van der Waals surface area contributed by atoms with Gasteiger partial charge in [-0.05, 0) is 24.3 Å². The van der Waals surface area contributed by atoms with Crippen LogP contribution in [0.3, 0.4) is 0 Å². The maximum atomic E-state index is 12.6. The Labute approximate surface area is 121 Å². The van der Waals surface area contributed by atoms with E-state index in [1.807, 2.05) is 0 Å². The van der Waals surface area contributed by atoms with Gasteiger partial charge in [0, 0.05) is 5.39 Å². The zero-order valence-electron chi connectivity index (χ0n) is 10.8. The minimum Gasteiger partial charge on any atom is -0.508 e. The Morgan fingerprint density at radius 2 is 2.05 bits per heavy atom. The van der Waals surface area contributed by atoms with Crippen molar-refractivity contribution in [3.63, 3.8) is 0 Å². The van der Waals surface area contributed by atoms with E-state index in [4.69, 9.17) is 4.42 Å². The van der Waals surface area contributed by atoms with Gasteiger partial charge in [0.05, 0.1) is 5.69 Å². The number of amides is 2. The number of phenolic OH excluding ortho intramolecular Hbond substituents is 1. The summed E-state index contributed by atoms with van der Waals surface area (Å²) in [6, 6.07) is 2.90. The molecule has 0 saturated heterocycles. The number of carbonyl (C=O) groups is 1. The molecule has 1 aliphatic heterocycles. The number of aliphatic hydroxyl groups excluding tert-OH is 1. The molecule has 2 heterocycles. The minimum atomic E-state index is -4.78. The number of rotatable bonds is 1. The van der Waals surface area contributed by atoms with E-state index in [1.165, 1.54) is 18.2 Å². The van der Waals surface area contributed by atoms with E-state index in [9.17, 15) is 28.2 Å². The van der Waals surface area contributed by atoms with Crippen LogP contribution in [-0.2, 0) is 0 Å². The van der Waals surface area contributed by atoms with Crippen LogP contribution in [0, 0.1) is 0 Å². The first-order valence-electron chi connectivity index (χ1n) is 6.05. The van der Waals surface area contributed by atoms with E-state index in [-0.39, 0.29) is 16.8 Å². The quantitative estimate of drug-likeness (QED) is 0.754. The van der Waals surface area contributed by atoms with Crippen LogP contribution in [0.25, 0.3) is 11.0 Å². The zero-order chi connectivity index (χ0) is 16.1. The van der Waals surface area contributed by atoms with Gasteiger partial charge in [-0.1, -0.05) is 0 Å². The van der Waals surface area contributed by atoms with Gasteiger partial charge in [-0.3, -0.25) is 4.90 Å². The maximum absolute atomic E-state index is 12.6. The minimum absolute atomic E-state index is 0.0355. The Morgan fingerprint density at radius 3 is 2.68 bits per heavy atom. The van der Waals surface area contributed by atoms with Crippen molar-refractivity contribution < 1.29 is 32.6 Å². The molecule has 1 aliphatic rings. The smallest absolute Gasteiger partial charge is 0.431 e. The number of nitrogens with one attached hydrogen (secondary N) is 1. The van der Waals surface area contributed by atoms with Crippen LogP contribution in [-0.4, -0.2) is 28.6 Å². The van der Waals surface area contributed by atoms with E-state index in [0.29, 0.717) is 16.6 Å². The van der Waals surface area contributed by atoms with Crippen LogP contribution < -0.4 is 10.2 Å². The lowest BCUT2D eigenvalue weighted by Crippen LogP contribution is -2.51. The number of allylic oxidation sites excluding steroid dienone is 1. The molecule has 0 bridgehead atoms. The summed E-state index contributed by atoms with van der Waals surface area (Å²) < 4.78 is 43.0. The second-order valence-electron chi connectivity index (χ2n) is 4.59. The lowest BCUT2D eigenvalue weighted by molar-refractivity contribution is -0.0970. The topological polar surface area (TPSA) is 85.9 Å². The van der Waals surface area contributed by atoms with E-state index in [2.05, 4.69) is 0 Å². The Bertz CT molecular complexity index is 781. The number of halogens is 3. The number of nitrogens with zero attached hydrogens (tertiary/aromatic N) is 1. The molecule has 0 radical (unpaired) electrons. The largest absolute Gasteiger partial charge is 0.508 e. The van der Waals surface area contributed by atoms with Crippen molar-refractivity contribution in [1.82, 2.24) is 5.32 Å². The first-order valence-corrected chi connectivity index (χ1v) is 6.05. The molecule has 0 spiro atoms. The summed E-state index contributed by atoms with van der Waals surface area (Å²) >= 11 is 0. The van der Waals surface area contributed by atoms with Crippen molar-refractivity contribution in [3.05, 3.63) is 36.2 Å². The molecule has 9 heteroatoms. The van der Waals surface area contributed by atoms with Gasteiger partial charge in [0.1, 0.15) is 23.3 Å². The van der Waals surface area contributed by atoms with Crippen LogP contribution in [0.2, 0.25) is 0 Å². The molecule has 3 N–H and O–H groups in total. The summed E-state index contributed by atoms with van der Waals surface area (Å²) in [5, 5.41) is 21.3. The molecule has 22 heavy (non-hydrogen) atoms. The summed E-state index contributed by atoms with van der Waals surface area (Å²) in [6.45, 7) is 0. The number of aliphatic hydroxyl groups is 1. The number of phenols is 1. The zero-order valence-corrected chi connectivity index (χ0v) is 10.8. The van der Waals surface area contributed by atoms with Crippen LogP contribution >= 0.6 is 0 Å². The van der Waals surface area contributed by atoms with E-state index in [0.717, 1.165) is 6.26 Å². The predicted molar refractivity (Wildman–Crippen MR) is 69.0 cm³/mol. The molecular formula is C13H9F3N2O4. The lowest BCUT2D eigenvalue weighted by Gasteiger charge is -2.31. The van der Waals surface area contributed by atoms with Crippen molar-refractivity contribution in [2.75, 3.05) is 4.90 Å².